The quantitative estimate of drug-likeness (QED) is 0.624. The normalized spacial score (nSPS) is 25.1. The van der Waals surface area contributed by atoms with Crippen molar-refractivity contribution >= 4 is 0 Å². The summed E-state index contributed by atoms with van der Waals surface area (Å²) in [5.74, 6) is 0. The Morgan fingerprint density at radius 3 is 1.29 bits per heavy atom. The van der Waals surface area contributed by atoms with Gasteiger partial charge in [0.15, 0.2) is 0 Å². The van der Waals surface area contributed by atoms with Gasteiger partial charge < -0.3 is 12.4 Å². The van der Waals surface area contributed by atoms with Crippen LogP contribution >= 0.6 is 0 Å². The minimum atomic E-state index is -0.519. The first-order valence-corrected chi connectivity index (χ1v) is 8.58. The molecule has 0 amide bonds. The molecule has 0 spiro atoms. The first-order valence-electron chi connectivity index (χ1n) is 5.71. The van der Waals surface area contributed by atoms with Crippen LogP contribution < -0.4 is 12.4 Å². The molecule has 14 heavy (non-hydrogen) atoms. The van der Waals surface area contributed by atoms with Gasteiger partial charge in [0.2, 0.25) is 0 Å². The van der Waals surface area contributed by atoms with Crippen molar-refractivity contribution < 1.29 is 49.9 Å². The molecule has 0 atom stereocenters. The van der Waals surface area contributed by atoms with Crippen molar-refractivity contribution in [2.45, 2.75) is 38.5 Å². The third-order valence-corrected chi connectivity index (χ3v) is 7.68. The molecule has 2 fully saturated rings. The predicted octanol–water partition coefficient (Wildman–Crippen LogP) is -1.12. The standard InChI is InChI=1S/2C5H10N.ClH.Nd/c2*1-2-4-6-5-3-1;;/h2*1-5H2;1H;/q2*-1;;+3/p-1. The van der Waals surface area contributed by atoms with Crippen LogP contribution in [0.2, 0.25) is 0 Å². The van der Waals surface area contributed by atoms with Gasteiger partial charge >= 0.3 is 104 Å². The fourth-order valence-electron chi connectivity index (χ4n) is 2.19. The summed E-state index contributed by atoms with van der Waals surface area (Å²) >= 11 is -0.519. The van der Waals surface area contributed by atoms with Crippen molar-refractivity contribution in [2.24, 2.45) is 0 Å². The third kappa shape index (κ3) is 4.60. The molecule has 2 aliphatic rings. The molecule has 0 aliphatic carbocycles. The number of hydrogen-bond donors (Lipinski definition) is 0. The monoisotopic (exact) mass is 345 g/mol. The van der Waals surface area contributed by atoms with Crippen molar-refractivity contribution in [3.63, 3.8) is 0 Å². The summed E-state index contributed by atoms with van der Waals surface area (Å²) < 4.78 is 5.66. The second-order valence-corrected chi connectivity index (χ2v) is 8.89. The first kappa shape index (κ1) is 13.6. The maximum atomic E-state index is 2.83. The minimum Gasteiger partial charge on any atom is -1.00 e. The molecule has 4 heteroatoms. The Bertz CT molecular complexity index is 129. The van der Waals surface area contributed by atoms with Gasteiger partial charge in [-0.25, -0.2) is 0 Å². The summed E-state index contributed by atoms with van der Waals surface area (Å²) in [6.07, 6.45) is 8.86. The smallest absolute Gasteiger partial charge is 1.00 e. The van der Waals surface area contributed by atoms with E-state index in [-0.39, 0.29) is 12.4 Å². The van der Waals surface area contributed by atoms with E-state index in [4.69, 9.17) is 0 Å². The molecule has 0 aromatic carbocycles. The van der Waals surface area contributed by atoms with Crippen LogP contribution in [0.3, 0.4) is 0 Å². The van der Waals surface area contributed by atoms with Gasteiger partial charge in [-0.1, -0.05) is 0 Å². The number of nitrogens with zero attached hydrogens (tertiary/aromatic N) is 2. The van der Waals surface area contributed by atoms with Crippen molar-refractivity contribution in [1.29, 1.82) is 0 Å². The zero-order valence-electron chi connectivity index (χ0n) is 8.84. The molecule has 0 N–H and O–H groups in total. The number of piperidine rings is 2. The van der Waals surface area contributed by atoms with E-state index in [0.29, 0.717) is 0 Å². The van der Waals surface area contributed by atoms with E-state index < -0.39 is 37.5 Å². The molecule has 0 radical (unpaired) electrons. The molecule has 2 rings (SSSR count). The Morgan fingerprint density at radius 2 is 0.929 bits per heavy atom. The van der Waals surface area contributed by atoms with Crippen LogP contribution in [0, 0.1) is 37.5 Å². The van der Waals surface area contributed by atoms with E-state index in [0.717, 1.165) is 0 Å². The van der Waals surface area contributed by atoms with E-state index >= 15 is 0 Å². The summed E-state index contributed by atoms with van der Waals surface area (Å²) in [5.41, 5.74) is 0. The predicted molar refractivity (Wildman–Crippen MR) is 50.8 cm³/mol. The van der Waals surface area contributed by atoms with Gasteiger partial charge in [0.25, 0.3) is 0 Å². The largest absolute Gasteiger partial charge is 1.00 e. The molecule has 0 aromatic rings. The van der Waals surface area contributed by atoms with E-state index in [1.165, 1.54) is 64.7 Å². The van der Waals surface area contributed by atoms with Crippen LogP contribution in [0.5, 0.6) is 0 Å². The fourth-order valence-corrected chi connectivity index (χ4v) is 6.78. The van der Waals surface area contributed by atoms with Crippen LogP contribution in [-0.4, -0.2) is 28.1 Å². The van der Waals surface area contributed by atoms with Gasteiger partial charge in [0.05, 0.1) is 0 Å². The number of halogens is 1. The third-order valence-electron chi connectivity index (χ3n) is 2.99. The maximum Gasteiger partial charge on any atom is -1.00 e. The first-order chi connectivity index (χ1) is 6.45. The van der Waals surface area contributed by atoms with Gasteiger partial charge in [-0.15, -0.1) is 0 Å². The Hall–Kier alpha value is 1.56. The second-order valence-electron chi connectivity index (χ2n) is 4.20. The fraction of sp³-hybridized carbons (Fsp3) is 1.00. The average Bonchev–Trinajstić information content (AvgIpc) is 2.21. The molecule has 0 unspecified atom stereocenters. The molecule has 0 bridgehead atoms. The van der Waals surface area contributed by atoms with Crippen molar-refractivity contribution in [3.8, 4) is 0 Å². The summed E-state index contributed by atoms with van der Waals surface area (Å²) in [5, 5.41) is 0. The van der Waals surface area contributed by atoms with Crippen molar-refractivity contribution in [3.05, 3.63) is 0 Å². The Kier molecular flexibility index (Phi) is 7.56. The van der Waals surface area contributed by atoms with Gasteiger partial charge in [-0.05, 0) is 0 Å². The Labute approximate surface area is 115 Å². The Balaban J connectivity index is 0.000000980. The van der Waals surface area contributed by atoms with E-state index in [1.807, 2.05) is 0 Å². The molecular weight excluding hydrogens is 328 g/mol. The summed E-state index contributed by atoms with van der Waals surface area (Å²) in [6.45, 7) is 5.72. The van der Waals surface area contributed by atoms with Crippen molar-refractivity contribution in [2.75, 3.05) is 26.2 Å². The second kappa shape index (κ2) is 7.77. The van der Waals surface area contributed by atoms with E-state index in [9.17, 15) is 0 Å². The van der Waals surface area contributed by atoms with Crippen LogP contribution in [0.25, 0.3) is 0 Å². The molecule has 0 saturated carbocycles. The zero-order chi connectivity index (χ0) is 8.93. The zero-order valence-corrected chi connectivity index (χ0v) is 12.8. The molecule has 81 valence electrons. The number of hydrogen-bond acceptors (Lipinski definition) is 2. The topological polar surface area (TPSA) is 6.48 Å². The molecular formula is C10H20ClN2Nd. The van der Waals surface area contributed by atoms with E-state index in [1.54, 1.807) is 0 Å². The Morgan fingerprint density at radius 1 is 0.571 bits per heavy atom. The van der Waals surface area contributed by atoms with Crippen LogP contribution in [0.15, 0.2) is 0 Å². The molecule has 0 aromatic heterocycles. The van der Waals surface area contributed by atoms with Crippen LogP contribution in [-0.2, 0) is 0 Å². The molecule has 2 nitrogen and oxygen atoms in total. The van der Waals surface area contributed by atoms with Gasteiger partial charge in [-0.3, -0.25) is 0 Å². The summed E-state index contributed by atoms with van der Waals surface area (Å²) in [4.78, 5) is 0. The molecule has 2 saturated heterocycles. The summed E-state index contributed by atoms with van der Waals surface area (Å²) in [6, 6.07) is 0. The van der Waals surface area contributed by atoms with Crippen LogP contribution in [0.4, 0.5) is 0 Å². The SMILES string of the molecule is C1CC[N]([Nd+][N]2CCCCC2)CC1.[Cl-]. The average molecular weight is 348 g/mol. The number of rotatable bonds is 2. The molecule has 2 aliphatic heterocycles. The minimum absolute atomic E-state index is 0. The van der Waals surface area contributed by atoms with Gasteiger partial charge in [0, 0.05) is 0 Å². The maximum absolute atomic E-state index is 2.83. The van der Waals surface area contributed by atoms with Gasteiger partial charge in [0.1, 0.15) is 0 Å². The van der Waals surface area contributed by atoms with E-state index in [2.05, 4.69) is 1.97 Å². The van der Waals surface area contributed by atoms with Crippen LogP contribution in [0.1, 0.15) is 38.5 Å². The van der Waals surface area contributed by atoms with Crippen molar-refractivity contribution in [1.82, 2.24) is 1.97 Å². The molecule has 2 heterocycles. The summed E-state index contributed by atoms with van der Waals surface area (Å²) in [7, 11) is 0. The van der Waals surface area contributed by atoms with Gasteiger partial charge in [-0.2, -0.15) is 0 Å².